The highest BCUT2D eigenvalue weighted by atomic mass is 32.2. The van der Waals surface area contributed by atoms with E-state index in [4.69, 9.17) is 15.9 Å². The number of nitrogens with two attached hydrogens (primary N) is 1. The third-order valence-corrected chi connectivity index (χ3v) is 4.92. The lowest BCUT2D eigenvalue weighted by Crippen LogP contribution is -2.57. The van der Waals surface area contributed by atoms with E-state index in [1.807, 2.05) is 6.26 Å². The van der Waals surface area contributed by atoms with E-state index in [9.17, 15) is 24.0 Å². The first-order valence-corrected chi connectivity index (χ1v) is 10.9. The van der Waals surface area contributed by atoms with E-state index >= 15 is 0 Å². The van der Waals surface area contributed by atoms with Crippen LogP contribution < -0.4 is 21.7 Å². The summed E-state index contributed by atoms with van der Waals surface area (Å²) in [5.41, 5.74) is 5.81. The van der Waals surface area contributed by atoms with Crippen molar-refractivity contribution >= 4 is 41.4 Å². The van der Waals surface area contributed by atoms with Gasteiger partial charge in [0.25, 0.3) is 0 Å². The van der Waals surface area contributed by atoms with Crippen LogP contribution in [0.2, 0.25) is 0 Å². The minimum atomic E-state index is -1.40. The molecule has 0 saturated carbocycles. The van der Waals surface area contributed by atoms with Crippen LogP contribution in [0.25, 0.3) is 0 Å². The number of carboxylic acids is 2. The van der Waals surface area contributed by atoms with E-state index in [2.05, 4.69) is 16.0 Å². The number of nitrogens with one attached hydrogen (secondary N) is 3. The second-order valence-electron chi connectivity index (χ2n) is 7.17. The highest BCUT2D eigenvalue weighted by Gasteiger charge is 2.28. The first-order chi connectivity index (χ1) is 13.9. The molecule has 3 amide bonds. The number of rotatable bonds is 14. The quantitative estimate of drug-likeness (QED) is 0.197. The van der Waals surface area contributed by atoms with Crippen molar-refractivity contribution in [3.63, 3.8) is 0 Å². The van der Waals surface area contributed by atoms with Gasteiger partial charge in [-0.3, -0.25) is 19.2 Å². The number of thioether (sulfide) groups is 1. The maximum atomic E-state index is 12.6. The Morgan fingerprint density at radius 2 is 1.43 bits per heavy atom. The summed E-state index contributed by atoms with van der Waals surface area (Å²) in [5.74, 6) is -3.99. The molecule has 12 heteroatoms. The van der Waals surface area contributed by atoms with Gasteiger partial charge in [-0.15, -0.1) is 0 Å². The van der Waals surface area contributed by atoms with Crippen LogP contribution >= 0.6 is 11.8 Å². The largest absolute Gasteiger partial charge is 0.481 e. The maximum Gasteiger partial charge on any atom is 0.326 e. The molecule has 11 nitrogen and oxygen atoms in total. The molecule has 0 aromatic rings. The third-order valence-electron chi connectivity index (χ3n) is 4.28. The number of carboxylic acid groups (broad SMARTS) is 2. The summed E-state index contributed by atoms with van der Waals surface area (Å²) in [7, 11) is 0. The van der Waals surface area contributed by atoms with Gasteiger partial charge >= 0.3 is 11.9 Å². The lowest BCUT2D eigenvalue weighted by molar-refractivity contribution is -0.143. The summed E-state index contributed by atoms with van der Waals surface area (Å²) in [4.78, 5) is 58.9. The maximum absolute atomic E-state index is 12.6. The molecule has 0 aliphatic rings. The summed E-state index contributed by atoms with van der Waals surface area (Å²) in [6.07, 6.45) is 1.43. The van der Waals surface area contributed by atoms with Gasteiger partial charge in [-0.25, -0.2) is 4.79 Å². The molecule has 7 N–H and O–H groups in total. The van der Waals surface area contributed by atoms with Gasteiger partial charge in [-0.1, -0.05) is 13.8 Å². The molecule has 0 aliphatic heterocycles. The number of amides is 3. The Balaban J connectivity index is 5.01. The zero-order valence-electron chi connectivity index (χ0n) is 17.6. The summed E-state index contributed by atoms with van der Waals surface area (Å²) in [5, 5.41) is 25.0. The van der Waals surface area contributed by atoms with Crippen molar-refractivity contribution < 1.29 is 34.2 Å². The Morgan fingerprint density at radius 3 is 1.90 bits per heavy atom. The number of aliphatic carboxylic acids is 2. The normalized spacial score (nSPS) is 14.9. The van der Waals surface area contributed by atoms with Gasteiger partial charge in [-0.2, -0.15) is 11.8 Å². The van der Waals surface area contributed by atoms with Gasteiger partial charge in [0.15, 0.2) is 0 Å². The van der Waals surface area contributed by atoms with Crippen molar-refractivity contribution in [3.8, 4) is 0 Å². The van der Waals surface area contributed by atoms with Crippen LogP contribution in [0, 0.1) is 5.92 Å². The molecule has 0 spiro atoms. The molecule has 0 fully saturated rings. The summed E-state index contributed by atoms with van der Waals surface area (Å²) < 4.78 is 0. The molecule has 0 aliphatic carbocycles. The molecule has 4 unspecified atom stereocenters. The second-order valence-corrected chi connectivity index (χ2v) is 8.16. The summed E-state index contributed by atoms with van der Waals surface area (Å²) in [6, 6.07) is -4.20. The van der Waals surface area contributed by atoms with E-state index in [-0.39, 0.29) is 12.3 Å². The smallest absolute Gasteiger partial charge is 0.326 e. The fourth-order valence-electron chi connectivity index (χ4n) is 2.28. The predicted molar refractivity (Wildman–Crippen MR) is 112 cm³/mol. The number of hydrogen-bond donors (Lipinski definition) is 6. The molecule has 4 atom stereocenters. The van der Waals surface area contributed by atoms with Crippen molar-refractivity contribution in [2.75, 3.05) is 12.0 Å². The van der Waals surface area contributed by atoms with Crippen LogP contribution in [0.15, 0.2) is 0 Å². The van der Waals surface area contributed by atoms with Crippen molar-refractivity contribution in [1.29, 1.82) is 0 Å². The third kappa shape index (κ3) is 10.4. The lowest BCUT2D eigenvalue weighted by Gasteiger charge is -2.24. The Hall–Kier alpha value is -2.34. The van der Waals surface area contributed by atoms with Crippen LogP contribution in [-0.2, 0) is 24.0 Å². The van der Waals surface area contributed by atoms with E-state index < -0.39 is 60.2 Å². The van der Waals surface area contributed by atoms with Gasteiger partial charge < -0.3 is 31.9 Å². The van der Waals surface area contributed by atoms with Crippen molar-refractivity contribution in [1.82, 2.24) is 16.0 Å². The monoisotopic (exact) mass is 448 g/mol. The number of carbonyl (C=O) groups is 5. The van der Waals surface area contributed by atoms with Crippen LogP contribution in [0.5, 0.6) is 0 Å². The first-order valence-electron chi connectivity index (χ1n) is 9.50. The van der Waals surface area contributed by atoms with Crippen LogP contribution in [0.4, 0.5) is 0 Å². The van der Waals surface area contributed by atoms with Gasteiger partial charge in [0.2, 0.25) is 17.7 Å². The molecule has 172 valence electrons. The molecule has 0 bridgehead atoms. The highest BCUT2D eigenvalue weighted by molar-refractivity contribution is 7.98. The molecular weight excluding hydrogens is 416 g/mol. The lowest BCUT2D eigenvalue weighted by atomic mass is 10.0. The Bertz CT molecular complexity index is 630. The Morgan fingerprint density at radius 1 is 0.867 bits per heavy atom. The molecule has 0 heterocycles. The zero-order valence-corrected chi connectivity index (χ0v) is 18.5. The van der Waals surface area contributed by atoms with Crippen LogP contribution in [0.3, 0.4) is 0 Å². The first kappa shape index (κ1) is 27.7. The van der Waals surface area contributed by atoms with Crippen molar-refractivity contribution in [2.24, 2.45) is 11.7 Å². The minimum Gasteiger partial charge on any atom is -0.481 e. The average Bonchev–Trinajstić information content (AvgIpc) is 2.66. The molecule has 0 saturated heterocycles. The van der Waals surface area contributed by atoms with Crippen molar-refractivity contribution in [3.05, 3.63) is 0 Å². The van der Waals surface area contributed by atoms with E-state index in [1.165, 1.54) is 18.7 Å². The van der Waals surface area contributed by atoms with E-state index in [0.717, 1.165) is 0 Å². The molecule has 30 heavy (non-hydrogen) atoms. The minimum absolute atomic E-state index is 0.127. The molecule has 0 aromatic heterocycles. The zero-order chi connectivity index (χ0) is 23.4. The fraction of sp³-hybridized carbons (Fsp3) is 0.722. The van der Waals surface area contributed by atoms with Gasteiger partial charge in [0, 0.05) is 6.42 Å². The van der Waals surface area contributed by atoms with Gasteiger partial charge in [0.05, 0.1) is 6.04 Å². The standard InChI is InChI=1S/C18H32N4O7S/c1-9(2)14(19)17(27)21-11(7-8-30-4)16(26)20-10(3)15(25)22-12(18(28)29)5-6-13(23)24/h9-12,14H,5-8,19H2,1-4H3,(H,20,26)(H,21,27)(H,22,25)(H,23,24)(H,28,29). The van der Waals surface area contributed by atoms with E-state index in [0.29, 0.717) is 12.2 Å². The van der Waals surface area contributed by atoms with E-state index in [1.54, 1.807) is 13.8 Å². The Labute approximate surface area is 179 Å². The summed E-state index contributed by atoms with van der Waals surface area (Å²) in [6.45, 7) is 4.91. The second kappa shape index (κ2) is 13.8. The number of carbonyl (C=O) groups excluding carboxylic acids is 3. The Kier molecular flexibility index (Phi) is 12.7. The van der Waals surface area contributed by atoms with Gasteiger partial charge in [0.1, 0.15) is 18.1 Å². The SMILES string of the molecule is CSCCC(NC(=O)C(N)C(C)C)C(=O)NC(C)C(=O)NC(CCC(=O)O)C(=O)O. The molecule has 0 radical (unpaired) electrons. The van der Waals surface area contributed by atoms with Crippen LogP contribution in [-0.4, -0.2) is 76.0 Å². The fourth-order valence-corrected chi connectivity index (χ4v) is 2.75. The summed E-state index contributed by atoms with van der Waals surface area (Å²) >= 11 is 1.48. The average molecular weight is 449 g/mol. The predicted octanol–water partition coefficient (Wildman–Crippen LogP) is -0.853. The van der Waals surface area contributed by atoms with Gasteiger partial charge in [-0.05, 0) is 37.7 Å². The molecule has 0 rings (SSSR count). The topological polar surface area (TPSA) is 188 Å². The molecule has 0 aromatic carbocycles. The van der Waals surface area contributed by atoms with Crippen LogP contribution in [0.1, 0.15) is 40.0 Å². The number of hydrogen-bond acceptors (Lipinski definition) is 7. The van der Waals surface area contributed by atoms with Crippen molar-refractivity contribution in [2.45, 2.75) is 64.2 Å². The molecular formula is C18H32N4O7S. The highest BCUT2D eigenvalue weighted by Crippen LogP contribution is 2.05.